The highest BCUT2D eigenvalue weighted by Gasteiger charge is 2.18. The molecule has 0 aromatic heterocycles. The number of hydrogen-bond acceptors (Lipinski definition) is 3. The van der Waals surface area contributed by atoms with Crippen LogP contribution in [-0.2, 0) is 14.8 Å². The Hall–Kier alpha value is -1.18. The highest BCUT2D eigenvalue weighted by atomic mass is 35.5. The molecule has 8 heteroatoms. The fourth-order valence-corrected chi connectivity index (χ4v) is 2.59. The zero-order valence-electron chi connectivity index (χ0n) is 8.48. The van der Waals surface area contributed by atoms with Crippen molar-refractivity contribution < 1.29 is 22.7 Å². The molecule has 1 rings (SSSR count). The molecule has 0 bridgehead atoms. The molecule has 5 nitrogen and oxygen atoms in total. The summed E-state index contributed by atoms with van der Waals surface area (Å²) < 4.78 is 38.2. The lowest BCUT2D eigenvalue weighted by molar-refractivity contribution is -0.136. The molecule has 0 radical (unpaired) electrons. The summed E-state index contributed by atoms with van der Waals surface area (Å²) in [7, 11) is -3.99. The number of sulfonamides is 1. The fraction of sp³-hybridized carbons (Fsp3) is 0.222. The maximum atomic E-state index is 12.9. The molecular weight excluding hydrogens is 273 g/mol. The number of rotatable bonds is 5. The van der Waals surface area contributed by atoms with Gasteiger partial charge in [-0.25, -0.2) is 17.5 Å². The minimum atomic E-state index is -3.99. The molecular formula is C9H9ClFNO4S. The summed E-state index contributed by atoms with van der Waals surface area (Å²) in [5.41, 5.74) is 0. The predicted molar refractivity (Wildman–Crippen MR) is 58.9 cm³/mol. The van der Waals surface area contributed by atoms with Gasteiger partial charge >= 0.3 is 5.97 Å². The summed E-state index contributed by atoms with van der Waals surface area (Å²) in [6.07, 6.45) is -0.369. The SMILES string of the molecule is O=C(O)CCNS(=O)(=O)c1cc(F)ccc1Cl. The van der Waals surface area contributed by atoms with Gasteiger partial charge in [0.25, 0.3) is 0 Å². The summed E-state index contributed by atoms with van der Waals surface area (Å²) in [6.45, 7) is -0.287. The number of carboxylic acid groups (broad SMARTS) is 1. The molecule has 0 saturated carbocycles. The first kappa shape index (κ1) is 13.9. The zero-order chi connectivity index (χ0) is 13.1. The Morgan fingerprint density at radius 2 is 2.12 bits per heavy atom. The zero-order valence-corrected chi connectivity index (χ0v) is 10.1. The first-order valence-electron chi connectivity index (χ1n) is 4.49. The number of hydrogen-bond donors (Lipinski definition) is 2. The van der Waals surface area contributed by atoms with Gasteiger partial charge in [0.2, 0.25) is 10.0 Å². The Kier molecular flexibility index (Phi) is 4.44. The quantitative estimate of drug-likeness (QED) is 0.850. The van der Waals surface area contributed by atoms with Crippen LogP contribution in [-0.4, -0.2) is 26.0 Å². The normalized spacial score (nSPS) is 11.4. The van der Waals surface area contributed by atoms with Crippen LogP contribution in [0.1, 0.15) is 6.42 Å². The molecule has 0 heterocycles. The van der Waals surface area contributed by atoms with Crippen LogP contribution in [0.3, 0.4) is 0 Å². The predicted octanol–water partition coefficient (Wildman–Crippen LogP) is 1.23. The summed E-state index contributed by atoms with van der Waals surface area (Å²) in [5.74, 6) is -1.88. The smallest absolute Gasteiger partial charge is 0.304 e. The number of carboxylic acids is 1. The molecule has 0 fully saturated rings. The van der Waals surface area contributed by atoms with Crippen molar-refractivity contribution in [3.8, 4) is 0 Å². The van der Waals surface area contributed by atoms with Crippen LogP contribution in [0.25, 0.3) is 0 Å². The maximum Gasteiger partial charge on any atom is 0.304 e. The molecule has 0 aliphatic carbocycles. The molecule has 1 aromatic carbocycles. The second-order valence-electron chi connectivity index (χ2n) is 3.12. The summed E-state index contributed by atoms with van der Waals surface area (Å²) in [6, 6.07) is 2.91. The molecule has 0 unspecified atom stereocenters. The first-order valence-corrected chi connectivity index (χ1v) is 6.35. The largest absolute Gasteiger partial charge is 0.481 e. The maximum absolute atomic E-state index is 12.9. The molecule has 0 aliphatic heterocycles. The van der Waals surface area contributed by atoms with Crippen molar-refractivity contribution >= 4 is 27.6 Å². The lowest BCUT2D eigenvalue weighted by Gasteiger charge is -2.07. The van der Waals surface area contributed by atoms with E-state index in [4.69, 9.17) is 16.7 Å². The molecule has 0 atom stereocenters. The van der Waals surface area contributed by atoms with Crippen LogP contribution >= 0.6 is 11.6 Å². The number of halogens is 2. The van der Waals surface area contributed by atoms with E-state index in [0.717, 1.165) is 18.2 Å². The molecule has 0 saturated heterocycles. The van der Waals surface area contributed by atoms with Gasteiger partial charge in [0.05, 0.1) is 11.4 Å². The third kappa shape index (κ3) is 3.95. The van der Waals surface area contributed by atoms with E-state index in [2.05, 4.69) is 0 Å². The van der Waals surface area contributed by atoms with Crippen LogP contribution in [0.5, 0.6) is 0 Å². The molecule has 2 N–H and O–H groups in total. The Morgan fingerprint density at radius 1 is 1.47 bits per heavy atom. The Labute approximate surface area is 102 Å². The van der Waals surface area contributed by atoms with Gasteiger partial charge in [0.15, 0.2) is 0 Å². The van der Waals surface area contributed by atoms with Crippen LogP contribution in [0.15, 0.2) is 23.1 Å². The fourth-order valence-electron chi connectivity index (χ4n) is 1.05. The number of nitrogens with one attached hydrogen (secondary N) is 1. The van der Waals surface area contributed by atoms with E-state index in [-0.39, 0.29) is 18.0 Å². The third-order valence-corrected chi connectivity index (χ3v) is 3.76. The van der Waals surface area contributed by atoms with Gasteiger partial charge in [-0.15, -0.1) is 0 Å². The lowest BCUT2D eigenvalue weighted by atomic mass is 10.3. The second kappa shape index (κ2) is 5.44. The van der Waals surface area contributed by atoms with Gasteiger partial charge in [-0.05, 0) is 18.2 Å². The monoisotopic (exact) mass is 281 g/mol. The number of benzene rings is 1. The van der Waals surface area contributed by atoms with Crippen molar-refractivity contribution in [1.29, 1.82) is 0 Å². The van der Waals surface area contributed by atoms with Crippen molar-refractivity contribution in [2.24, 2.45) is 0 Å². The number of carbonyl (C=O) groups is 1. The van der Waals surface area contributed by atoms with Gasteiger partial charge in [-0.3, -0.25) is 4.79 Å². The first-order chi connectivity index (χ1) is 7.83. The van der Waals surface area contributed by atoms with Crippen molar-refractivity contribution in [3.63, 3.8) is 0 Å². The lowest BCUT2D eigenvalue weighted by Crippen LogP contribution is -2.26. The standard InChI is InChI=1S/C9H9ClFNO4S/c10-7-2-1-6(11)5-8(7)17(15,16)12-4-3-9(13)14/h1-2,5,12H,3-4H2,(H,13,14). The molecule has 0 amide bonds. The van der Waals surface area contributed by atoms with Crippen molar-refractivity contribution in [3.05, 3.63) is 29.0 Å². The topological polar surface area (TPSA) is 83.5 Å². The minimum absolute atomic E-state index is 0.130. The van der Waals surface area contributed by atoms with Gasteiger partial charge in [0.1, 0.15) is 10.7 Å². The van der Waals surface area contributed by atoms with E-state index in [1.807, 2.05) is 4.72 Å². The van der Waals surface area contributed by atoms with Crippen molar-refractivity contribution in [1.82, 2.24) is 4.72 Å². The van der Waals surface area contributed by atoms with Crippen LogP contribution in [0, 0.1) is 5.82 Å². The molecule has 0 aliphatic rings. The van der Waals surface area contributed by atoms with Crippen LogP contribution in [0.4, 0.5) is 4.39 Å². The van der Waals surface area contributed by atoms with E-state index in [9.17, 15) is 17.6 Å². The molecule has 1 aromatic rings. The van der Waals surface area contributed by atoms with Gasteiger partial charge in [-0.2, -0.15) is 0 Å². The molecule has 0 spiro atoms. The van der Waals surface area contributed by atoms with E-state index in [0.29, 0.717) is 0 Å². The van der Waals surface area contributed by atoms with Gasteiger partial charge in [0, 0.05) is 6.54 Å². The van der Waals surface area contributed by atoms with E-state index >= 15 is 0 Å². The van der Waals surface area contributed by atoms with Gasteiger partial charge < -0.3 is 5.11 Å². The minimum Gasteiger partial charge on any atom is -0.481 e. The Balaban J connectivity index is 2.89. The van der Waals surface area contributed by atoms with E-state index in [1.165, 1.54) is 0 Å². The molecule has 17 heavy (non-hydrogen) atoms. The second-order valence-corrected chi connectivity index (χ2v) is 5.26. The Morgan fingerprint density at radius 3 is 2.71 bits per heavy atom. The Bertz CT molecular complexity index is 532. The summed E-state index contributed by atoms with van der Waals surface area (Å²) >= 11 is 5.62. The highest BCUT2D eigenvalue weighted by molar-refractivity contribution is 7.89. The van der Waals surface area contributed by atoms with Crippen LogP contribution < -0.4 is 4.72 Å². The summed E-state index contributed by atoms with van der Waals surface area (Å²) in [5, 5.41) is 8.23. The highest BCUT2D eigenvalue weighted by Crippen LogP contribution is 2.21. The van der Waals surface area contributed by atoms with E-state index < -0.39 is 26.7 Å². The average Bonchev–Trinajstić information content (AvgIpc) is 2.20. The van der Waals surface area contributed by atoms with Crippen molar-refractivity contribution in [2.75, 3.05) is 6.54 Å². The average molecular weight is 282 g/mol. The van der Waals surface area contributed by atoms with Crippen LogP contribution in [0.2, 0.25) is 5.02 Å². The van der Waals surface area contributed by atoms with E-state index in [1.54, 1.807) is 0 Å². The third-order valence-electron chi connectivity index (χ3n) is 1.81. The van der Waals surface area contributed by atoms with Crippen molar-refractivity contribution in [2.45, 2.75) is 11.3 Å². The summed E-state index contributed by atoms with van der Waals surface area (Å²) in [4.78, 5) is 9.81. The number of aliphatic carboxylic acids is 1. The molecule has 94 valence electrons. The van der Waals surface area contributed by atoms with Gasteiger partial charge in [-0.1, -0.05) is 11.6 Å².